The SMILES string of the molecule is COc1ccc(Cl)cc1NCc1ccc(Br)c(Cl)c1. The predicted octanol–water partition coefficient (Wildman–Crippen LogP) is 5.38. The van der Waals surface area contributed by atoms with Gasteiger partial charge in [0, 0.05) is 16.0 Å². The summed E-state index contributed by atoms with van der Waals surface area (Å²) >= 11 is 15.4. The van der Waals surface area contributed by atoms with Crippen LogP contribution in [0, 0.1) is 0 Å². The number of nitrogens with one attached hydrogen (secondary N) is 1. The van der Waals surface area contributed by atoms with Gasteiger partial charge < -0.3 is 10.1 Å². The first-order valence-corrected chi connectivity index (χ1v) is 7.16. The van der Waals surface area contributed by atoms with Gasteiger partial charge in [-0.15, -0.1) is 0 Å². The molecule has 2 nitrogen and oxygen atoms in total. The fourth-order valence-corrected chi connectivity index (χ4v) is 2.29. The highest BCUT2D eigenvalue weighted by molar-refractivity contribution is 9.10. The second-order valence-corrected chi connectivity index (χ2v) is 5.64. The topological polar surface area (TPSA) is 21.3 Å². The molecule has 0 saturated heterocycles. The zero-order chi connectivity index (χ0) is 13.8. The average molecular weight is 361 g/mol. The van der Waals surface area contributed by atoms with Gasteiger partial charge >= 0.3 is 0 Å². The van der Waals surface area contributed by atoms with Gasteiger partial charge in [0.15, 0.2) is 0 Å². The quantitative estimate of drug-likeness (QED) is 0.790. The molecule has 0 unspecified atom stereocenters. The van der Waals surface area contributed by atoms with Gasteiger partial charge in [0.25, 0.3) is 0 Å². The molecule has 2 aromatic carbocycles. The van der Waals surface area contributed by atoms with E-state index < -0.39 is 0 Å². The molecule has 0 fully saturated rings. The standard InChI is InChI=1S/C14H12BrCl2NO/c1-19-14-5-3-10(16)7-13(14)18-8-9-2-4-11(15)12(17)6-9/h2-7,18H,8H2,1H3. The molecule has 100 valence electrons. The fraction of sp³-hybridized carbons (Fsp3) is 0.143. The summed E-state index contributed by atoms with van der Waals surface area (Å²) in [5, 5.41) is 4.64. The number of anilines is 1. The van der Waals surface area contributed by atoms with Crippen molar-refractivity contribution in [3.05, 3.63) is 56.5 Å². The summed E-state index contributed by atoms with van der Waals surface area (Å²) in [6.07, 6.45) is 0. The van der Waals surface area contributed by atoms with Gasteiger partial charge in [-0.1, -0.05) is 29.3 Å². The molecular formula is C14H12BrCl2NO. The van der Waals surface area contributed by atoms with Crippen molar-refractivity contribution < 1.29 is 4.74 Å². The van der Waals surface area contributed by atoms with Crippen LogP contribution in [0.4, 0.5) is 5.69 Å². The Morgan fingerprint density at radius 1 is 1.16 bits per heavy atom. The molecule has 2 rings (SSSR count). The molecule has 0 heterocycles. The highest BCUT2D eigenvalue weighted by Crippen LogP contribution is 2.29. The molecule has 0 aromatic heterocycles. The van der Waals surface area contributed by atoms with Crippen LogP contribution in [0.1, 0.15) is 5.56 Å². The smallest absolute Gasteiger partial charge is 0.142 e. The lowest BCUT2D eigenvalue weighted by Gasteiger charge is -2.12. The van der Waals surface area contributed by atoms with Crippen molar-refractivity contribution in [3.63, 3.8) is 0 Å². The Morgan fingerprint density at radius 2 is 1.95 bits per heavy atom. The third-order valence-corrected chi connectivity index (χ3v) is 4.10. The fourth-order valence-electron chi connectivity index (χ4n) is 1.67. The van der Waals surface area contributed by atoms with Crippen LogP contribution in [0.2, 0.25) is 10.0 Å². The lowest BCUT2D eigenvalue weighted by molar-refractivity contribution is 0.416. The largest absolute Gasteiger partial charge is 0.495 e. The van der Waals surface area contributed by atoms with Crippen LogP contribution >= 0.6 is 39.1 Å². The van der Waals surface area contributed by atoms with Crippen molar-refractivity contribution in [2.45, 2.75) is 6.54 Å². The molecule has 0 aliphatic carbocycles. The van der Waals surface area contributed by atoms with E-state index in [0.717, 1.165) is 21.5 Å². The van der Waals surface area contributed by atoms with E-state index in [-0.39, 0.29) is 0 Å². The second kappa shape index (κ2) is 6.51. The Morgan fingerprint density at radius 3 is 2.63 bits per heavy atom. The van der Waals surface area contributed by atoms with Gasteiger partial charge in [0.05, 0.1) is 17.8 Å². The predicted molar refractivity (Wildman–Crippen MR) is 84.5 cm³/mol. The summed E-state index contributed by atoms with van der Waals surface area (Å²) in [6, 6.07) is 11.3. The Hall–Kier alpha value is -0.900. The Kier molecular flexibility index (Phi) is 4.97. The molecule has 0 radical (unpaired) electrons. The molecule has 0 aliphatic heterocycles. The van der Waals surface area contributed by atoms with Gasteiger partial charge in [0.1, 0.15) is 5.75 Å². The molecule has 0 spiro atoms. The van der Waals surface area contributed by atoms with Crippen molar-refractivity contribution in [3.8, 4) is 5.75 Å². The van der Waals surface area contributed by atoms with Crippen LogP contribution in [0.15, 0.2) is 40.9 Å². The number of hydrogen-bond acceptors (Lipinski definition) is 2. The molecule has 19 heavy (non-hydrogen) atoms. The van der Waals surface area contributed by atoms with Crippen molar-refractivity contribution in [1.82, 2.24) is 0 Å². The van der Waals surface area contributed by atoms with Gasteiger partial charge in [-0.25, -0.2) is 0 Å². The van der Waals surface area contributed by atoms with E-state index in [2.05, 4.69) is 21.2 Å². The van der Waals surface area contributed by atoms with E-state index in [1.165, 1.54) is 0 Å². The Bertz CT molecular complexity index is 590. The van der Waals surface area contributed by atoms with Crippen LogP contribution in [0.5, 0.6) is 5.75 Å². The van der Waals surface area contributed by atoms with Gasteiger partial charge in [0.2, 0.25) is 0 Å². The van der Waals surface area contributed by atoms with E-state index in [4.69, 9.17) is 27.9 Å². The van der Waals surface area contributed by atoms with Crippen LogP contribution in [-0.2, 0) is 6.54 Å². The maximum atomic E-state index is 6.06. The van der Waals surface area contributed by atoms with Crippen molar-refractivity contribution >= 4 is 44.8 Å². The van der Waals surface area contributed by atoms with Crippen molar-refractivity contribution in [1.29, 1.82) is 0 Å². The molecular weight excluding hydrogens is 349 g/mol. The first-order chi connectivity index (χ1) is 9.10. The molecule has 5 heteroatoms. The van der Waals surface area contributed by atoms with E-state index in [1.807, 2.05) is 30.3 Å². The normalized spacial score (nSPS) is 10.3. The number of halogens is 3. The van der Waals surface area contributed by atoms with Gasteiger partial charge in [-0.3, -0.25) is 0 Å². The molecule has 0 bridgehead atoms. The minimum atomic E-state index is 0.643. The molecule has 1 N–H and O–H groups in total. The molecule has 0 aliphatic rings. The van der Waals surface area contributed by atoms with Crippen LogP contribution < -0.4 is 10.1 Å². The van der Waals surface area contributed by atoms with Crippen LogP contribution in [0.3, 0.4) is 0 Å². The Balaban J connectivity index is 2.13. The summed E-state index contributed by atoms with van der Waals surface area (Å²) in [6.45, 7) is 0.643. The molecule has 0 atom stereocenters. The maximum absolute atomic E-state index is 6.06. The van der Waals surface area contributed by atoms with E-state index in [1.54, 1.807) is 13.2 Å². The number of hydrogen-bond donors (Lipinski definition) is 1. The number of benzene rings is 2. The summed E-state index contributed by atoms with van der Waals surface area (Å²) in [7, 11) is 1.63. The van der Waals surface area contributed by atoms with Gasteiger partial charge in [-0.05, 0) is 51.8 Å². The van der Waals surface area contributed by atoms with E-state index >= 15 is 0 Å². The lowest BCUT2D eigenvalue weighted by Crippen LogP contribution is -2.01. The van der Waals surface area contributed by atoms with Crippen LogP contribution in [-0.4, -0.2) is 7.11 Å². The van der Waals surface area contributed by atoms with E-state index in [0.29, 0.717) is 16.6 Å². The maximum Gasteiger partial charge on any atom is 0.142 e. The van der Waals surface area contributed by atoms with Crippen molar-refractivity contribution in [2.24, 2.45) is 0 Å². The highest BCUT2D eigenvalue weighted by Gasteiger charge is 2.04. The third kappa shape index (κ3) is 3.78. The first-order valence-electron chi connectivity index (χ1n) is 5.61. The zero-order valence-electron chi connectivity index (χ0n) is 10.2. The highest BCUT2D eigenvalue weighted by atomic mass is 79.9. The summed E-state index contributed by atoms with van der Waals surface area (Å²) in [4.78, 5) is 0. The minimum Gasteiger partial charge on any atom is -0.495 e. The van der Waals surface area contributed by atoms with Gasteiger partial charge in [-0.2, -0.15) is 0 Å². The van der Waals surface area contributed by atoms with E-state index in [9.17, 15) is 0 Å². The number of ether oxygens (including phenoxy) is 1. The molecule has 0 amide bonds. The first kappa shape index (κ1) is 14.5. The number of methoxy groups -OCH3 is 1. The third-order valence-electron chi connectivity index (χ3n) is 2.63. The lowest BCUT2D eigenvalue weighted by atomic mass is 10.2. The summed E-state index contributed by atoms with van der Waals surface area (Å²) in [5.74, 6) is 0.757. The average Bonchev–Trinajstić information content (AvgIpc) is 2.40. The monoisotopic (exact) mass is 359 g/mol. The summed E-state index contributed by atoms with van der Waals surface area (Å²) in [5.41, 5.74) is 1.93. The second-order valence-electron chi connectivity index (χ2n) is 3.95. The number of rotatable bonds is 4. The zero-order valence-corrected chi connectivity index (χ0v) is 13.3. The minimum absolute atomic E-state index is 0.643. The van der Waals surface area contributed by atoms with Crippen molar-refractivity contribution in [2.75, 3.05) is 12.4 Å². The molecule has 0 saturated carbocycles. The Labute approximate surface area is 130 Å². The summed E-state index contributed by atoms with van der Waals surface area (Å²) < 4.78 is 6.16. The molecule has 2 aromatic rings. The van der Waals surface area contributed by atoms with Crippen LogP contribution in [0.25, 0.3) is 0 Å².